The molecular weight excluding hydrogens is 517 g/mol. The van der Waals surface area contributed by atoms with Gasteiger partial charge in [0.05, 0.1) is 22.3 Å². The molecule has 0 saturated carbocycles. The Bertz CT molecular complexity index is 1610. The molecule has 0 aromatic heterocycles. The van der Waals surface area contributed by atoms with Crippen LogP contribution in [-0.2, 0) is 14.4 Å². The number of hydrogen-bond donors (Lipinski definition) is 0. The number of anilines is 2. The molecule has 3 atom stereocenters. The number of nitrogens with zero attached hydrogens (tertiary/aromatic N) is 3. The van der Waals surface area contributed by atoms with Crippen LogP contribution >= 0.6 is 23.2 Å². The highest BCUT2D eigenvalue weighted by Gasteiger charge is 2.60. The molecule has 2 saturated heterocycles. The van der Waals surface area contributed by atoms with E-state index in [2.05, 4.69) is 0 Å². The third kappa shape index (κ3) is 3.72. The maximum absolute atomic E-state index is 14.0. The molecule has 2 fully saturated rings. The second-order valence-corrected chi connectivity index (χ2v) is 9.62. The van der Waals surface area contributed by atoms with Crippen LogP contribution in [-0.4, -0.2) is 22.8 Å². The molecule has 0 radical (unpaired) electrons. The predicted molar refractivity (Wildman–Crippen MR) is 140 cm³/mol. The minimum absolute atomic E-state index is 0.158. The maximum atomic E-state index is 14.0. The lowest BCUT2D eigenvalue weighted by Gasteiger charge is -2.29. The van der Waals surface area contributed by atoms with Crippen LogP contribution in [0.1, 0.15) is 11.6 Å². The van der Waals surface area contributed by atoms with Crippen LogP contribution in [0.5, 0.6) is 0 Å². The predicted octanol–water partition coefficient (Wildman–Crippen LogP) is 6.11. The lowest BCUT2D eigenvalue weighted by molar-refractivity contribution is -0.384. The fourth-order valence-electron chi connectivity index (χ4n) is 5.08. The Balaban J connectivity index is 1.49. The van der Waals surface area contributed by atoms with Gasteiger partial charge in [0.15, 0.2) is 6.10 Å². The van der Waals surface area contributed by atoms with Gasteiger partial charge in [-0.2, -0.15) is 0 Å². The number of halogens is 2. The average Bonchev–Trinajstić information content (AvgIpc) is 3.39. The highest BCUT2D eigenvalue weighted by molar-refractivity contribution is 6.35. The van der Waals surface area contributed by atoms with Gasteiger partial charge in [0, 0.05) is 27.6 Å². The Labute approximate surface area is 220 Å². The quantitative estimate of drug-likeness (QED) is 0.178. The molecule has 37 heavy (non-hydrogen) atoms. The number of fused-ring (bicyclic) bond motifs is 2. The number of amides is 2. The molecule has 184 valence electrons. The molecule has 8 nitrogen and oxygen atoms in total. The van der Waals surface area contributed by atoms with E-state index < -0.39 is 34.8 Å². The van der Waals surface area contributed by atoms with E-state index in [1.165, 1.54) is 28.2 Å². The molecule has 2 aliphatic heterocycles. The number of nitro benzene ring substituents is 1. The lowest BCUT2D eigenvalue weighted by Crippen LogP contribution is -2.37. The van der Waals surface area contributed by atoms with Gasteiger partial charge in [-0.25, -0.2) is 9.96 Å². The van der Waals surface area contributed by atoms with E-state index in [1.54, 1.807) is 36.4 Å². The van der Waals surface area contributed by atoms with E-state index in [1.807, 2.05) is 30.3 Å². The van der Waals surface area contributed by atoms with Crippen molar-refractivity contribution < 1.29 is 19.3 Å². The Hall–Kier alpha value is -3.98. The van der Waals surface area contributed by atoms with Gasteiger partial charge in [-0.1, -0.05) is 71.7 Å². The van der Waals surface area contributed by atoms with Gasteiger partial charge in [-0.05, 0) is 35.2 Å². The first-order valence-electron chi connectivity index (χ1n) is 11.4. The molecule has 2 heterocycles. The minimum atomic E-state index is -1.15. The first kappa shape index (κ1) is 23.4. The molecular formula is C27H17Cl2N3O5. The Kier molecular flexibility index (Phi) is 5.60. The summed E-state index contributed by atoms with van der Waals surface area (Å²) in [5.41, 5.74) is 1.13. The summed E-state index contributed by atoms with van der Waals surface area (Å²) in [5, 5.41) is 15.1. The Morgan fingerprint density at radius 2 is 1.62 bits per heavy atom. The summed E-state index contributed by atoms with van der Waals surface area (Å²) in [7, 11) is 0. The van der Waals surface area contributed by atoms with Gasteiger partial charge < -0.3 is 0 Å². The van der Waals surface area contributed by atoms with Gasteiger partial charge in [-0.3, -0.25) is 24.5 Å². The SMILES string of the molecule is O=C1[C@@H]2[C@H](ON(c3cccc([N+](=O)[O-])c3)[C@@H]2c2ccc(Cl)cc2Cl)C(=O)N1c1cccc2ccccc12. The molecule has 2 amide bonds. The molecule has 2 aliphatic rings. The standard InChI is InChI=1S/C27H17Cl2N3O5/c28-16-11-12-20(21(29)13-16)24-23-25(37-31(24)17-7-4-8-18(14-17)32(35)36)27(34)30(26(23)33)22-10-3-6-15-5-1-2-9-19(15)22/h1-14,23-25H/t23-,24+,25-/m0/s1. The zero-order valence-electron chi connectivity index (χ0n) is 19.0. The molecule has 4 aromatic rings. The highest BCUT2D eigenvalue weighted by atomic mass is 35.5. The summed E-state index contributed by atoms with van der Waals surface area (Å²) in [4.78, 5) is 45.8. The zero-order chi connectivity index (χ0) is 25.8. The summed E-state index contributed by atoms with van der Waals surface area (Å²) in [6, 6.07) is 22.7. The highest BCUT2D eigenvalue weighted by Crippen LogP contribution is 2.50. The van der Waals surface area contributed by atoms with Crippen LogP contribution in [0.4, 0.5) is 17.1 Å². The van der Waals surface area contributed by atoms with E-state index >= 15 is 0 Å². The van der Waals surface area contributed by atoms with E-state index in [0.29, 0.717) is 22.0 Å². The van der Waals surface area contributed by atoms with Crippen molar-refractivity contribution in [2.75, 3.05) is 9.96 Å². The number of carbonyl (C=O) groups is 2. The third-order valence-electron chi connectivity index (χ3n) is 6.70. The second kappa shape index (κ2) is 8.85. The van der Waals surface area contributed by atoms with E-state index in [0.717, 1.165) is 10.8 Å². The third-order valence-corrected chi connectivity index (χ3v) is 7.26. The maximum Gasteiger partial charge on any atom is 0.271 e. The van der Waals surface area contributed by atoms with Crippen molar-refractivity contribution in [3.8, 4) is 0 Å². The van der Waals surface area contributed by atoms with Crippen LogP contribution < -0.4 is 9.96 Å². The number of benzene rings is 4. The monoisotopic (exact) mass is 533 g/mol. The molecule has 6 rings (SSSR count). The number of rotatable bonds is 4. The fourth-order valence-corrected chi connectivity index (χ4v) is 5.60. The number of hydrogen-bond acceptors (Lipinski definition) is 6. The number of nitro groups is 1. The number of imide groups is 1. The van der Waals surface area contributed by atoms with E-state index in [-0.39, 0.29) is 10.7 Å². The van der Waals surface area contributed by atoms with Crippen molar-refractivity contribution in [1.82, 2.24) is 0 Å². The van der Waals surface area contributed by atoms with Crippen molar-refractivity contribution in [3.05, 3.63) is 111 Å². The Morgan fingerprint density at radius 3 is 2.41 bits per heavy atom. The molecule has 0 spiro atoms. The molecule has 0 unspecified atom stereocenters. The number of non-ortho nitro benzene ring substituents is 1. The van der Waals surface area contributed by atoms with Gasteiger partial charge in [0.2, 0.25) is 5.91 Å². The molecule has 0 aliphatic carbocycles. The number of hydroxylamine groups is 1. The second-order valence-electron chi connectivity index (χ2n) is 8.78. The van der Waals surface area contributed by atoms with Crippen molar-refractivity contribution in [3.63, 3.8) is 0 Å². The van der Waals surface area contributed by atoms with Crippen LogP contribution in [0, 0.1) is 16.0 Å². The normalized spacial score (nSPS) is 21.1. The van der Waals surface area contributed by atoms with Gasteiger partial charge in [-0.15, -0.1) is 0 Å². The van der Waals surface area contributed by atoms with Crippen molar-refractivity contribution in [2.24, 2.45) is 5.92 Å². The summed E-state index contributed by atoms with van der Waals surface area (Å²) in [6.45, 7) is 0. The fraction of sp³-hybridized carbons (Fsp3) is 0.111. The van der Waals surface area contributed by atoms with Crippen LogP contribution in [0.3, 0.4) is 0 Å². The van der Waals surface area contributed by atoms with E-state index in [4.69, 9.17) is 28.0 Å². The first-order valence-corrected chi connectivity index (χ1v) is 12.1. The summed E-state index contributed by atoms with van der Waals surface area (Å²) in [6.07, 6.45) is -1.15. The van der Waals surface area contributed by atoms with E-state index in [9.17, 15) is 19.7 Å². The summed E-state index contributed by atoms with van der Waals surface area (Å²) < 4.78 is 0. The topological polar surface area (TPSA) is 93.0 Å². The largest absolute Gasteiger partial charge is 0.273 e. The van der Waals surface area contributed by atoms with Gasteiger partial charge in [0.1, 0.15) is 5.92 Å². The summed E-state index contributed by atoms with van der Waals surface area (Å²) >= 11 is 12.7. The molecule has 0 bridgehead atoms. The molecule has 4 aromatic carbocycles. The summed E-state index contributed by atoms with van der Waals surface area (Å²) in [5.74, 6) is -1.92. The van der Waals surface area contributed by atoms with Crippen molar-refractivity contribution in [1.29, 1.82) is 0 Å². The number of carbonyl (C=O) groups excluding carboxylic acids is 2. The van der Waals surface area contributed by atoms with Crippen molar-refractivity contribution >= 4 is 62.9 Å². The van der Waals surface area contributed by atoms with Gasteiger partial charge >= 0.3 is 0 Å². The Morgan fingerprint density at radius 1 is 0.865 bits per heavy atom. The van der Waals surface area contributed by atoms with Crippen LogP contribution in [0.25, 0.3) is 10.8 Å². The van der Waals surface area contributed by atoms with Crippen LogP contribution in [0.2, 0.25) is 10.0 Å². The minimum Gasteiger partial charge on any atom is -0.273 e. The molecule has 0 N–H and O–H groups in total. The molecule has 10 heteroatoms. The van der Waals surface area contributed by atoms with Crippen molar-refractivity contribution in [2.45, 2.75) is 12.1 Å². The first-order chi connectivity index (χ1) is 17.8. The van der Waals surface area contributed by atoms with Crippen LogP contribution in [0.15, 0.2) is 84.9 Å². The van der Waals surface area contributed by atoms with Gasteiger partial charge in [0.25, 0.3) is 11.6 Å². The smallest absolute Gasteiger partial charge is 0.271 e. The average molecular weight is 534 g/mol. The lowest BCUT2D eigenvalue weighted by atomic mass is 9.90. The zero-order valence-corrected chi connectivity index (χ0v) is 20.5.